The van der Waals surface area contributed by atoms with Crippen molar-refractivity contribution in [2.24, 2.45) is 5.92 Å². The lowest BCUT2D eigenvalue weighted by atomic mass is 9.77. The molecule has 0 unspecified atom stereocenters. The van der Waals surface area contributed by atoms with Crippen molar-refractivity contribution >= 4 is 10.8 Å². The number of fused-ring (bicyclic) bond motifs is 1. The summed E-state index contributed by atoms with van der Waals surface area (Å²) < 4.78 is 5.65. The van der Waals surface area contributed by atoms with Crippen molar-refractivity contribution in [3.8, 4) is 5.75 Å². The van der Waals surface area contributed by atoms with E-state index in [1.165, 1.54) is 66.0 Å². The molecule has 0 bridgehead atoms. The third-order valence-corrected chi connectivity index (χ3v) is 7.02. The van der Waals surface area contributed by atoms with Gasteiger partial charge in [0, 0.05) is 0 Å². The fourth-order valence-electron chi connectivity index (χ4n) is 5.06. The van der Waals surface area contributed by atoms with Crippen molar-refractivity contribution in [1.82, 2.24) is 0 Å². The number of aryl methyl sites for hydroxylation is 2. The van der Waals surface area contributed by atoms with Gasteiger partial charge in [-0.05, 0) is 103 Å². The molecule has 0 aromatic heterocycles. The van der Waals surface area contributed by atoms with E-state index in [0.29, 0.717) is 6.61 Å². The molecule has 3 aromatic rings. The summed E-state index contributed by atoms with van der Waals surface area (Å²) in [4.78, 5) is 0. The van der Waals surface area contributed by atoms with Crippen LogP contribution in [0.1, 0.15) is 61.1 Å². The molecule has 0 spiro atoms. The van der Waals surface area contributed by atoms with Gasteiger partial charge in [0.05, 0.1) is 0 Å². The van der Waals surface area contributed by atoms with E-state index in [1.807, 2.05) is 6.07 Å². The molecule has 0 amide bonds. The number of hydrogen-bond donors (Lipinski definition) is 0. The molecule has 0 aliphatic heterocycles. The van der Waals surface area contributed by atoms with E-state index >= 15 is 0 Å². The lowest BCUT2D eigenvalue weighted by molar-refractivity contribution is 0.312. The third-order valence-electron chi connectivity index (χ3n) is 7.02. The highest BCUT2D eigenvalue weighted by molar-refractivity contribution is 5.84. The van der Waals surface area contributed by atoms with Gasteiger partial charge < -0.3 is 4.74 Å². The smallest absolute Gasteiger partial charge is 0.120 e. The van der Waals surface area contributed by atoms with Crippen molar-refractivity contribution in [3.63, 3.8) is 0 Å². The summed E-state index contributed by atoms with van der Waals surface area (Å²) >= 11 is 0. The van der Waals surface area contributed by atoms with E-state index < -0.39 is 0 Å². The first-order valence-electron chi connectivity index (χ1n) is 12.2. The van der Waals surface area contributed by atoms with Crippen LogP contribution in [0.4, 0.5) is 0 Å². The molecule has 0 radical (unpaired) electrons. The van der Waals surface area contributed by atoms with E-state index in [4.69, 9.17) is 4.74 Å². The summed E-state index contributed by atoms with van der Waals surface area (Å²) in [6, 6.07) is 22.5. The quantitative estimate of drug-likeness (QED) is 0.297. The van der Waals surface area contributed by atoms with Gasteiger partial charge in [-0.2, -0.15) is 0 Å². The molecule has 0 heterocycles. The highest BCUT2D eigenvalue weighted by Gasteiger charge is 2.21. The number of rotatable bonds is 10. The second-order valence-electron chi connectivity index (χ2n) is 9.27. The molecular weight excluding hydrogens is 388 g/mol. The molecule has 0 saturated heterocycles. The Hall–Kier alpha value is -2.80. The van der Waals surface area contributed by atoms with Crippen LogP contribution < -0.4 is 4.74 Å². The average Bonchev–Trinajstić information content (AvgIpc) is 2.85. The van der Waals surface area contributed by atoms with Gasteiger partial charge in [-0.1, -0.05) is 67.3 Å². The topological polar surface area (TPSA) is 9.23 Å². The van der Waals surface area contributed by atoms with Crippen molar-refractivity contribution in [3.05, 3.63) is 103 Å². The lowest BCUT2D eigenvalue weighted by Gasteiger charge is -2.28. The van der Waals surface area contributed by atoms with E-state index in [0.717, 1.165) is 30.4 Å². The molecule has 166 valence electrons. The molecular formula is C31H36O. The van der Waals surface area contributed by atoms with Crippen LogP contribution in [0.25, 0.3) is 10.8 Å². The molecule has 1 saturated carbocycles. The number of allylic oxidation sites excluding steroid dienone is 1. The SMILES string of the molecule is C=CCCC1CCC(c2ccc(CCc3ccc4cc(OCC=C)ccc4c3)cc2)CC1. The molecule has 1 fully saturated rings. The van der Waals surface area contributed by atoms with Crippen LogP contribution in [0.15, 0.2) is 86.0 Å². The molecule has 32 heavy (non-hydrogen) atoms. The van der Waals surface area contributed by atoms with Gasteiger partial charge in [0.2, 0.25) is 0 Å². The minimum absolute atomic E-state index is 0.541. The average molecular weight is 425 g/mol. The molecule has 1 heteroatoms. The first kappa shape index (κ1) is 22.4. The second kappa shape index (κ2) is 11.2. The van der Waals surface area contributed by atoms with Gasteiger partial charge in [-0.15, -0.1) is 6.58 Å². The van der Waals surface area contributed by atoms with Crippen LogP contribution in [0, 0.1) is 5.92 Å². The fourth-order valence-corrected chi connectivity index (χ4v) is 5.06. The molecule has 4 rings (SSSR count). The van der Waals surface area contributed by atoms with E-state index in [1.54, 1.807) is 6.08 Å². The van der Waals surface area contributed by atoms with Crippen LogP contribution in [0.3, 0.4) is 0 Å². The van der Waals surface area contributed by atoms with Crippen LogP contribution in [0.2, 0.25) is 0 Å². The zero-order valence-electron chi connectivity index (χ0n) is 19.3. The Balaban J connectivity index is 1.30. The molecule has 0 atom stereocenters. The van der Waals surface area contributed by atoms with Crippen LogP contribution in [-0.4, -0.2) is 6.61 Å². The van der Waals surface area contributed by atoms with Crippen molar-refractivity contribution in [2.75, 3.05) is 6.61 Å². The highest BCUT2D eigenvalue weighted by Crippen LogP contribution is 2.37. The van der Waals surface area contributed by atoms with Crippen molar-refractivity contribution < 1.29 is 4.74 Å². The van der Waals surface area contributed by atoms with E-state index in [9.17, 15) is 0 Å². The minimum Gasteiger partial charge on any atom is -0.490 e. The predicted octanol–water partition coefficient (Wildman–Crippen LogP) is 8.43. The van der Waals surface area contributed by atoms with Crippen molar-refractivity contribution in [2.45, 2.75) is 57.3 Å². The van der Waals surface area contributed by atoms with Crippen molar-refractivity contribution in [1.29, 1.82) is 0 Å². The Morgan fingerprint density at radius 2 is 1.44 bits per heavy atom. The normalized spacial score (nSPS) is 18.4. The summed E-state index contributed by atoms with van der Waals surface area (Å²) in [5, 5.41) is 2.49. The maximum Gasteiger partial charge on any atom is 0.120 e. The molecule has 3 aromatic carbocycles. The minimum atomic E-state index is 0.541. The van der Waals surface area contributed by atoms with Gasteiger partial charge in [0.25, 0.3) is 0 Å². The second-order valence-corrected chi connectivity index (χ2v) is 9.27. The third kappa shape index (κ3) is 5.91. The summed E-state index contributed by atoms with van der Waals surface area (Å²) in [6.07, 6.45) is 13.9. The summed E-state index contributed by atoms with van der Waals surface area (Å²) in [5.41, 5.74) is 4.36. The van der Waals surface area contributed by atoms with Gasteiger partial charge in [0.1, 0.15) is 12.4 Å². The van der Waals surface area contributed by atoms with Gasteiger partial charge in [-0.25, -0.2) is 0 Å². The zero-order chi connectivity index (χ0) is 22.2. The van der Waals surface area contributed by atoms with Gasteiger partial charge in [0.15, 0.2) is 0 Å². The Labute approximate surface area is 193 Å². The number of hydrogen-bond acceptors (Lipinski definition) is 1. The summed E-state index contributed by atoms with van der Waals surface area (Å²) in [5.74, 6) is 2.57. The lowest BCUT2D eigenvalue weighted by Crippen LogP contribution is -2.13. The molecule has 1 aliphatic rings. The predicted molar refractivity (Wildman–Crippen MR) is 138 cm³/mol. The molecule has 0 N–H and O–H groups in total. The highest BCUT2D eigenvalue weighted by atomic mass is 16.5. The molecule has 1 aliphatic carbocycles. The van der Waals surface area contributed by atoms with E-state index in [2.05, 4.69) is 73.8 Å². The van der Waals surface area contributed by atoms with E-state index in [-0.39, 0.29) is 0 Å². The maximum atomic E-state index is 5.65. The Morgan fingerprint density at radius 3 is 2.19 bits per heavy atom. The first-order chi connectivity index (χ1) is 15.7. The van der Waals surface area contributed by atoms with Crippen LogP contribution in [0.5, 0.6) is 5.75 Å². The maximum absolute atomic E-state index is 5.65. The summed E-state index contributed by atoms with van der Waals surface area (Å²) in [6.45, 7) is 8.12. The fraction of sp³-hybridized carbons (Fsp3) is 0.355. The van der Waals surface area contributed by atoms with Gasteiger partial charge in [-0.3, -0.25) is 0 Å². The number of benzene rings is 3. The Kier molecular flexibility index (Phi) is 7.82. The standard InChI is InChI=1S/C31H36O/c1-3-5-6-24-9-14-27(15-10-24)28-16-11-25(12-17-28)7-8-26-13-18-30-23-31(32-21-4-2)20-19-29(30)22-26/h3-4,11-13,16-20,22-24,27H,1-2,5-10,14-15,21H2. The zero-order valence-corrected chi connectivity index (χ0v) is 19.3. The first-order valence-corrected chi connectivity index (χ1v) is 12.2. The number of ether oxygens (including phenoxy) is 1. The van der Waals surface area contributed by atoms with Gasteiger partial charge >= 0.3 is 0 Å². The monoisotopic (exact) mass is 424 g/mol. The summed E-state index contributed by atoms with van der Waals surface area (Å²) in [7, 11) is 0. The van der Waals surface area contributed by atoms with Crippen LogP contribution >= 0.6 is 0 Å². The molecule has 1 nitrogen and oxygen atoms in total. The van der Waals surface area contributed by atoms with Crippen LogP contribution in [-0.2, 0) is 12.8 Å². The Bertz CT molecular complexity index is 1020. The largest absolute Gasteiger partial charge is 0.490 e. The Morgan fingerprint density at radius 1 is 0.750 bits per heavy atom.